The molecule has 12 heavy (non-hydrogen) atoms. The van der Waals surface area contributed by atoms with Crippen LogP contribution in [0.25, 0.3) is 10.9 Å². The molecule has 0 atom stereocenters. The first-order valence-electron chi connectivity index (χ1n) is 3.34. The summed E-state index contributed by atoms with van der Waals surface area (Å²) in [6.07, 6.45) is 1.48. The molecule has 0 saturated heterocycles. The molecule has 0 aliphatic heterocycles. The van der Waals surface area contributed by atoms with Gasteiger partial charge in [0.2, 0.25) is 0 Å². The Morgan fingerprint density at radius 1 is 1.25 bits per heavy atom. The summed E-state index contributed by atoms with van der Waals surface area (Å²) in [7, 11) is 0. The summed E-state index contributed by atoms with van der Waals surface area (Å²) in [6.45, 7) is 0. The average molecular weight is 202 g/mol. The molecule has 62 valence electrons. The number of hydrogen-bond donors (Lipinski definition) is 2. The molecule has 1 aromatic heterocycles. The number of aromatic nitrogens is 1. The van der Waals surface area contributed by atoms with E-state index in [-0.39, 0.29) is 5.75 Å². The smallest absolute Gasteiger partial charge is 0.140 e. The Bertz CT molecular complexity index is 436. The average Bonchev–Trinajstić information content (AvgIpc) is 2.41. The van der Waals surface area contributed by atoms with Crippen molar-refractivity contribution in [1.82, 2.24) is 4.98 Å². The zero-order valence-electron chi connectivity index (χ0n) is 5.94. The van der Waals surface area contributed by atoms with Crippen LogP contribution in [0.5, 0.6) is 5.75 Å². The van der Waals surface area contributed by atoms with E-state index in [1.54, 1.807) is 12.1 Å². The van der Waals surface area contributed by atoms with E-state index in [4.69, 9.17) is 23.2 Å². The van der Waals surface area contributed by atoms with Crippen LogP contribution < -0.4 is 0 Å². The Hall–Kier alpha value is -0.860. The lowest BCUT2D eigenvalue weighted by Gasteiger charge is -1.96. The fourth-order valence-electron chi connectivity index (χ4n) is 1.12. The van der Waals surface area contributed by atoms with Crippen molar-refractivity contribution in [3.8, 4) is 5.75 Å². The van der Waals surface area contributed by atoms with Crippen molar-refractivity contribution in [2.45, 2.75) is 0 Å². The standard InChI is InChI=1S/C8H5Cl2NO/c9-5-2-1-4-6(12)3-11-8(4)7(5)10/h1-3,11-12H. The lowest BCUT2D eigenvalue weighted by molar-refractivity contribution is 0.481. The summed E-state index contributed by atoms with van der Waals surface area (Å²) in [6, 6.07) is 3.37. The van der Waals surface area contributed by atoms with Crippen LogP contribution in [-0.2, 0) is 0 Å². The lowest BCUT2D eigenvalue weighted by Crippen LogP contribution is -1.71. The van der Waals surface area contributed by atoms with Gasteiger partial charge in [-0.15, -0.1) is 0 Å². The van der Waals surface area contributed by atoms with E-state index in [0.717, 1.165) is 0 Å². The molecular formula is C8H5Cl2NO. The second-order valence-corrected chi connectivity index (χ2v) is 3.24. The molecule has 0 saturated carbocycles. The maximum absolute atomic E-state index is 9.29. The zero-order valence-corrected chi connectivity index (χ0v) is 7.45. The second kappa shape index (κ2) is 2.57. The van der Waals surface area contributed by atoms with Crippen LogP contribution in [0, 0.1) is 0 Å². The molecule has 0 amide bonds. The van der Waals surface area contributed by atoms with Crippen LogP contribution in [-0.4, -0.2) is 10.1 Å². The predicted molar refractivity (Wildman–Crippen MR) is 50.0 cm³/mol. The van der Waals surface area contributed by atoms with Crippen LogP contribution >= 0.6 is 23.2 Å². The lowest BCUT2D eigenvalue weighted by atomic mass is 10.2. The van der Waals surface area contributed by atoms with Gasteiger partial charge in [0.05, 0.1) is 15.6 Å². The molecule has 1 heterocycles. The first-order valence-corrected chi connectivity index (χ1v) is 4.10. The molecule has 0 radical (unpaired) electrons. The summed E-state index contributed by atoms with van der Waals surface area (Å²) < 4.78 is 0. The molecule has 2 aromatic rings. The van der Waals surface area contributed by atoms with Crippen LogP contribution in [0.1, 0.15) is 0 Å². The van der Waals surface area contributed by atoms with Crippen LogP contribution in [0.3, 0.4) is 0 Å². The molecule has 2 N–H and O–H groups in total. The third-order valence-electron chi connectivity index (χ3n) is 1.72. The molecular weight excluding hydrogens is 197 g/mol. The summed E-state index contributed by atoms with van der Waals surface area (Å²) in [4.78, 5) is 2.83. The maximum Gasteiger partial charge on any atom is 0.140 e. The highest BCUT2D eigenvalue weighted by Crippen LogP contribution is 2.33. The molecule has 4 heteroatoms. The van der Waals surface area contributed by atoms with E-state index in [1.165, 1.54) is 6.20 Å². The molecule has 0 fully saturated rings. The van der Waals surface area contributed by atoms with Crippen LogP contribution in [0.2, 0.25) is 10.0 Å². The Morgan fingerprint density at radius 2 is 2.00 bits per heavy atom. The number of rotatable bonds is 0. The fourth-order valence-corrected chi connectivity index (χ4v) is 1.50. The Morgan fingerprint density at radius 3 is 2.75 bits per heavy atom. The zero-order chi connectivity index (χ0) is 8.72. The number of fused-ring (bicyclic) bond motifs is 1. The van der Waals surface area contributed by atoms with E-state index in [9.17, 15) is 5.11 Å². The molecule has 0 aliphatic rings. The monoisotopic (exact) mass is 201 g/mol. The summed E-state index contributed by atoms with van der Waals surface area (Å²) in [5.41, 5.74) is 0.668. The molecule has 2 nitrogen and oxygen atoms in total. The highest BCUT2D eigenvalue weighted by molar-refractivity contribution is 6.45. The van der Waals surface area contributed by atoms with Crippen molar-refractivity contribution < 1.29 is 5.11 Å². The quantitative estimate of drug-likeness (QED) is 0.676. The van der Waals surface area contributed by atoms with Gasteiger partial charge in [-0.1, -0.05) is 23.2 Å². The topological polar surface area (TPSA) is 36.0 Å². The van der Waals surface area contributed by atoms with Gasteiger partial charge in [-0.3, -0.25) is 0 Å². The van der Waals surface area contributed by atoms with Gasteiger partial charge in [-0.2, -0.15) is 0 Å². The second-order valence-electron chi connectivity index (χ2n) is 2.46. The number of halogens is 2. The maximum atomic E-state index is 9.29. The Labute approximate surface area is 78.7 Å². The highest BCUT2D eigenvalue weighted by Gasteiger charge is 2.07. The van der Waals surface area contributed by atoms with Crippen LogP contribution in [0.15, 0.2) is 18.3 Å². The summed E-state index contributed by atoms with van der Waals surface area (Å²) in [5, 5.41) is 10.9. The third-order valence-corrected chi connectivity index (χ3v) is 2.53. The van der Waals surface area contributed by atoms with Crippen molar-refractivity contribution >= 4 is 34.1 Å². The van der Waals surface area contributed by atoms with Crippen molar-refractivity contribution in [2.24, 2.45) is 0 Å². The molecule has 0 aliphatic carbocycles. The highest BCUT2D eigenvalue weighted by atomic mass is 35.5. The van der Waals surface area contributed by atoms with Crippen LogP contribution in [0.4, 0.5) is 0 Å². The van der Waals surface area contributed by atoms with Gasteiger partial charge in [0.25, 0.3) is 0 Å². The number of nitrogens with one attached hydrogen (secondary N) is 1. The van der Waals surface area contributed by atoms with Crippen molar-refractivity contribution in [3.63, 3.8) is 0 Å². The normalized spacial score (nSPS) is 10.8. The molecule has 2 rings (SSSR count). The van der Waals surface area contributed by atoms with E-state index in [2.05, 4.69) is 4.98 Å². The van der Waals surface area contributed by atoms with Gasteiger partial charge in [-0.25, -0.2) is 0 Å². The molecule has 0 unspecified atom stereocenters. The van der Waals surface area contributed by atoms with E-state index in [0.29, 0.717) is 20.9 Å². The van der Waals surface area contributed by atoms with E-state index >= 15 is 0 Å². The van der Waals surface area contributed by atoms with Gasteiger partial charge in [0.1, 0.15) is 5.75 Å². The fraction of sp³-hybridized carbons (Fsp3) is 0. The Kier molecular flexibility index (Phi) is 1.67. The largest absolute Gasteiger partial charge is 0.506 e. The number of hydrogen-bond acceptors (Lipinski definition) is 1. The van der Waals surface area contributed by atoms with Gasteiger partial charge in [-0.05, 0) is 12.1 Å². The SMILES string of the molecule is Oc1c[nH]c2c(Cl)c(Cl)ccc12. The van der Waals surface area contributed by atoms with Crippen molar-refractivity contribution in [2.75, 3.05) is 0 Å². The minimum atomic E-state index is 0.184. The third kappa shape index (κ3) is 0.958. The minimum absolute atomic E-state index is 0.184. The van der Waals surface area contributed by atoms with Gasteiger partial charge < -0.3 is 10.1 Å². The molecule has 0 bridgehead atoms. The van der Waals surface area contributed by atoms with Crippen molar-refractivity contribution in [1.29, 1.82) is 0 Å². The van der Waals surface area contributed by atoms with E-state index < -0.39 is 0 Å². The predicted octanol–water partition coefficient (Wildman–Crippen LogP) is 3.18. The summed E-state index contributed by atoms with van der Waals surface area (Å²) >= 11 is 11.6. The number of aromatic hydroxyl groups is 1. The molecule has 1 aromatic carbocycles. The number of aromatic amines is 1. The number of benzene rings is 1. The van der Waals surface area contributed by atoms with Gasteiger partial charge >= 0.3 is 0 Å². The van der Waals surface area contributed by atoms with Gasteiger partial charge in [0.15, 0.2) is 0 Å². The number of H-pyrrole nitrogens is 1. The Balaban J connectivity index is 2.93. The van der Waals surface area contributed by atoms with Crippen molar-refractivity contribution in [3.05, 3.63) is 28.4 Å². The van der Waals surface area contributed by atoms with E-state index in [1.807, 2.05) is 0 Å². The summed E-state index contributed by atoms with van der Waals surface area (Å²) in [5.74, 6) is 0.184. The first-order chi connectivity index (χ1) is 5.70. The van der Waals surface area contributed by atoms with Gasteiger partial charge in [0, 0.05) is 11.6 Å². The first kappa shape index (κ1) is 7.77. The minimum Gasteiger partial charge on any atom is -0.506 e. The molecule has 0 spiro atoms.